The molecule has 0 saturated carbocycles. The highest BCUT2D eigenvalue weighted by Gasteiger charge is 2.31. The average Bonchev–Trinajstić information content (AvgIpc) is 2.50. The summed E-state index contributed by atoms with van der Waals surface area (Å²) in [5.74, 6) is 0.156. The number of likely N-dealkylation sites (tertiary alicyclic amines) is 1. The van der Waals surface area contributed by atoms with E-state index in [9.17, 15) is 4.79 Å². The van der Waals surface area contributed by atoms with Crippen LogP contribution in [0.5, 0.6) is 0 Å². The van der Waals surface area contributed by atoms with E-state index in [0.29, 0.717) is 24.8 Å². The van der Waals surface area contributed by atoms with Gasteiger partial charge in [0.05, 0.1) is 12.5 Å². The SMILES string of the molecule is CCC1(CC)CCN(CCC(=O)N(C)CCC#N)CC1. The summed E-state index contributed by atoms with van der Waals surface area (Å²) in [7, 11) is 1.79. The second kappa shape index (κ2) is 8.26. The average molecular weight is 279 g/mol. The van der Waals surface area contributed by atoms with Gasteiger partial charge in [0.2, 0.25) is 5.91 Å². The number of nitriles is 1. The lowest BCUT2D eigenvalue weighted by atomic mass is 9.74. The molecule has 0 radical (unpaired) electrons. The molecule has 0 bridgehead atoms. The van der Waals surface area contributed by atoms with Crippen LogP contribution in [0.4, 0.5) is 0 Å². The molecule has 1 aliphatic rings. The van der Waals surface area contributed by atoms with Gasteiger partial charge in [-0.25, -0.2) is 0 Å². The summed E-state index contributed by atoms with van der Waals surface area (Å²) >= 11 is 0. The van der Waals surface area contributed by atoms with Gasteiger partial charge in [0, 0.05) is 26.6 Å². The zero-order chi connectivity index (χ0) is 15.0. The predicted octanol–water partition coefficient (Wildman–Crippen LogP) is 2.65. The molecule has 1 saturated heterocycles. The van der Waals surface area contributed by atoms with Crippen molar-refractivity contribution in [2.24, 2.45) is 5.41 Å². The number of carbonyl (C=O) groups is 1. The van der Waals surface area contributed by atoms with Crippen LogP contribution in [0.15, 0.2) is 0 Å². The van der Waals surface area contributed by atoms with Gasteiger partial charge in [-0.05, 0) is 31.3 Å². The van der Waals surface area contributed by atoms with Crippen molar-refractivity contribution in [2.45, 2.75) is 52.4 Å². The minimum absolute atomic E-state index is 0.156. The lowest BCUT2D eigenvalue weighted by Crippen LogP contribution is -2.41. The Kier molecular flexibility index (Phi) is 7.01. The summed E-state index contributed by atoms with van der Waals surface area (Å²) in [5, 5.41) is 8.53. The fraction of sp³-hybridized carbons (Fsp3) is 0.875. The number of hydrogen-bond donors (Lipinski definition) is 0. The van der Waals surface area contributed by atoms with Crippen LogP contribution in [0, 0.1) is 16.7 Å². The molecule has 4 nitrogen and oxygen atoms in total. The van der Waals surface area contributed by atoms with Crippen molar-refractivity contribution < 1.29 is 4.79 Å². The molecule has 0 N–H and O–H groups in total. The Balaban J connectivity index is 2.27. The van der Waals surface area contributed by atoms with E-state index in [4.69, 9.17) is 5.26 Å². The topological polar surface area (TPSA) is 47.3 Å². The molecule has 114 valence electrons. The van der Waals surface area contributed by atoms with Gasteiger partial charge in [-0.3, -0.25) is 4.79 Å². The second-order valence-electron chi connectivity index (χ2n) is 6.02. The van der Waals surface area contributed by atoms with E-state index in [0.717, 1.165) is 19.6 Å². The monoisotopic (exact) mass is 279 g/mol. The van der Waals surface area contributed by atoms with E-state index in [1.54, 1.807) is 11.9 Å². The van der Waals surface area contributed by atoms with Gasteiger partial charge in [0.15, 0.2) is 0 Å². The highest BCUT2D eigenvalue weighted by molar-refractivity contribution is 5.76. The predicted molar refractivity (Wildman–Crippen MR) is 81.2 cm³/mol. The Morgan fingerprint density at radius 3 is 2.40 bits per heavy atom. The van der Waals surface area contributed by atoms with Crippen LogP contribution in [0.25, 0.3) is 0 Å². The molecule has 4 heteroatoms. The summed E-state index contributed by atoms with van der Waals surface area (Å²) in [6, 6.07) is 2.08. The molecule has 0 aliphatic carbocycles. The maximum absolute atomic E-state index is 11.9. The number of amides is 1. The van der Waals surface area contributed by atoms with Gasteiger partial charge in [-0.1, -0.05) is 26.7 Å². The van der Waals surface area contributed by atoms with Crippen LogP contribution >= 0.6 is 0 Å². The summed E-state index contributed by atoms with van der Waals surface area (Å²) in [6.07, 6.45) is 6.06. The normalized spacial score (nSPS) is 18.5. The van der Waals surface area contributed by atoms with Crippen molar-refractivity contribution >= 4 is 5.91 Å². The molecule has 0 aromatic carbocycles. The van der Waals surface area contributed by atoms with Crippen LogP contribution in [0.2, 0.25) is 0 Å². The first kappa shape index (κ1) is 17.0. The van der Waals surface area contributed by atoms with Crippen molar-refractivity contribution in [3.8, 4) is 6.07 Å². The number of hydrogen-bond acceptors (Lipinski definition) is 3. The standard InChI is InChI=1S/C16H29N3O/c1-4-16(5-2)8-13-19(14-9-16)12-7-15(20)18(3)11-6-10-17/h4-9,11-14H2,1-3H3. The fourth-order valence-electron chi connectivity index (χ4n) is 3.00. The van der Waals surface area contributed by atoms with Crippen LogP contribution in [-0.4, -0.2) is 48.9 Å². The number of piperidine rings is 1. The minimum atomic E-state index is 0.156. The van der Waals surface area contributed by atoms with Crippen molar-refractivity contribution in [1.29, 1.82) is 5.26 Å². The summed E-state index contributed by atoms with van der Waals surface area (Å²) in [4.78, 5) is 16.0. The fourth-order valence-corrected chi connectivity index (χ4v) is 3.00. The Morgan fingerprint density at radius 1 is 1.30 bits per heavy atom. The summed E-state index contributed by atoms with van der Waals surface area (Å²) in [5.41, 5.74) is 0.546. The molecular weight excluding hydrogens is 250 g/mol. The van der Waals surface area contributed by atoms with Crippen molar-refractivity contribution in [3.05, 3.63) is 0 Å². The zero-order valence-electron chi connectivity index (χ0n) is 13.3. The minimum Gasteiger partial charge on any atom is -0.345 e. The highest BCUT2D eigenvalue weighted by Crippen LogP contribution is 2.37. The van der Waals surface area contributed by atoms with Crippen molar-refractivity contribution in [3.63, 3.8) is 0 Å². The summed E-state index contributed by atoms with van der Waals surface area (Å²) in [6.45, 7) is 8.25. The van der Waals surface area contributed by atoms with Crippen LogP contribution in [-0.2, 0) is 4.79 Å². The van der Waals surface area contributed by atoms with Gasteiger partial charge >= 0.3 is 0 Å². The second-order valence-corrected chi connectivity index (χ2v) is 6.02. The first-order valence-corrected chi connectivity index (χ1v) is 7.90. The van der Waals surface area contributed by atoms with Gasteiger partial charge in [-0.2, -0.15) is 5.26 Å². The van der Waals surface area contributed by atoms with E-state index >= 15 is 0 Å². The number of carbonyl (C=O) groups excluding carboxylic acids is 1. The molecule has 0 unspecified atom stereocenters. The zero-order valence-corrected chi connectivity index (χ0v) is 13.3. The maximum atomic E-state index is 11.9. The van der Waals surface area contributed by atoms with Crippen molar-refractivity contribution in [2.75, 3.05) is 33.2 Å². The van der Waals surface area contributed by atoms with Gasteiger partial charge in [-0.15, -0.1) is 0 Å². The van der Waals surface area contributed by atoms with Crippen LogP contribution < -0.4 is 0 Å². The first-order chi connectivity index (χ1) is 9.56. The quantitative estimate of drug-likeness (QED) is 0.720. The Labute approximate surface area is 123 Å². The lowest BCUT2D eigenvalue weighted by Gasteiger charge is -2.41. The molecule has 1 fully saturated rings. The molecule has 0 atom stereocenters. The van der Waals surface area contributed by atoms with Gasteiger partial charge in [0.25, 0.3) is 0 Å². The molecule has 1 rings (SSSR count). The van der Waals surface area contributed by atoms with E-state index in [2.05, 4.69) is 24.8 Å². The smallest absolute Gasteiger partial charge is 0.223 e. The van der Waals surface area contributed by atoms with Gasteiger partial charge in [0.1, 0.15) is 0 Å². The Hall–Kier alpha value is -1.08. The van der Waals surface area contributed by atoms with Crippen LogP contribution in [0.3, 0.4) is 0 Å². The van der Waals surface area contributed by atoms with E-state index < -0.39 is 0 Å². The molecule has 0 aromatic heterocycles. The molecular formula is C16H29N3O. The van der Waals surface area contributed by atoms with Crippen LogP contribution in [0.1, 0.15) is 52.4 Å². The number of rotatable bonds is 7. The van der Waals surface area contributed by atoms with Crippen molar-refractivity contribution in [1.82, 2.24) is 9.80 Å². The van der Waals surface area contributed by atoms with Gasteiger partial charge < -0.3 is 9.80 Å². The molecule has 0 spiro atoms. The van der Waals surface area contributed by atoms with E-state index in [1.807, 2.05) is 0 Å². The first-order valence-electron chi connectivity index (χ1n) is 7.90. The molecule has 1 amide bonds. The molecule has 1 heterocycles. The molecule has 20 heavy (non-hydrogen) atoms. The third-order valence-electron chi connectivity index (χ3n) is 5.04. The Morgan fingerprint density at radius 2 is 1.90 bits per heavy atom. The molecule has 0 aromatic rings. The number of nitrogens with zero attached hydrogens (tertiary/aromatic N) is 3. The lowest BCUT2D eigenvalue weighted by molar-refractivity contribution is -0.130. The van der Waals surface area contributed by atoms with E-state index in [1.165, 1.54) is 25.7 Å². The van der Waals surface area contributed by atoms with E-state index in [-0.39, 0.29) is 5.91 Å². The third-order valence-corrected chi connectivity index (χ3v) is 5.04. The summed E-state index contributed by atoms with van der Waals surface area (Å²) < 4.78 is 0. The molecule has 1 aliphatic heterocycles. The largest absolute Gasteiger partial charge is 0.345 e. The highest BCUT2D eigenvalue weighted by atomic mass is 16.2. The third kappa shape index (κ3) is 4.79. The Bertz CT molecular complexity index is 334. The maximum Gasteiger partial charge on any atom is 0.223 e.